The summed E-state index contributed by atoms with van der Waals surface area (Å²) in [4.78, 5) is 74.6. The summed E-state index contributed by atoms with van der Waals surface area (Å²) >= 11 is 0. The van der Waals surface area contributed by atoms with Gasteiger partial charge in [0.1, 0.15) is 6.79 Å². The van der Waals surface area contributed by atoms with Gasteiger partial charge >= 0.3 is 12.1 Å². The van der Waals surface area contributed by atoms with E-state index in [1.54, 1.807) is 0 Å². The van der Waals surface area contributed by atoms with Crippen molar-refractivity contribution in [2.24, 2.45) is 20.5 Å². The number of rotatable bonds is 14. The molecule has 0 aromatic rings. The second-order valence-electron chi connectivity index (χ2n) is 15.4. The fourth-order valence-corrected chi connectivity index (χ4v) is 8.55. The van der Waals surface area contributed by atoms with E-state index in [0.29, 0.717) is 38.5 Å². The highest BCUT2D eigenvalue weighted by Gasteiger charge is 2.40. The minimum atomic E-state index is -1.26. The van der Waals surface area contributed by atoms with Gasteiger partial charge in [0.15, 0.2) is 11.6 Å². The predicted molar refractivity (Wildman–Crippen MR) is 188 cm³/mol. The lowest BCUT2D eigenvalue weighted by atomic mass is 9.87. The van der Waals surface area contributed by atoms with Crippen LogP contribution in [0.1, 0.15) is 104 Å². The number of nitrogens with zero attached hydrogens (tertiary/aromatic N) is 4. The number of hydrogen-bond acceptors (Lipinski definition) is 12. The van der Waals surface area contributed by atoms with Gasteiger partial charge in [0.25, 0.3) is 11.8 Å². The highest BCUT2D eigenvalue weighted by molar-refractivity contribution is 6.05. The molecule has 12 unspecified atom stereocenters. The normalized spacial score (nSPS) is 35.2. The summed E-state index contributed by atoms with van der Waals surface area (Å²) in [5.41, 5.74) is 0. The predicted octanol–water partition coefficient (Wildman–Crippen LogP) is 1.86. The summed E-state index contributed by atoms with van der Waals surface area (Å²) in [5.74, 6) is -1.80. The molecule has 53 heavy (non-hydrogen) atoms. The van der Waals surface area contributed by atoms with Crippen molar-refractivity contribution in [3.05, 3.63) is 0 Å². The second kappa shape index (κ2) is 17.8. The molecule has 2 heterocycles. The fourth-order valence-electron chi connectivity index (χ4n) is 8.55. The number of azo groups is 2. The van der Waals surface area contributed by atoms with Crippen molar-refractivity contribution in [1.29, 1.82) is 0 Å². The number of urea groups is 2. The second-order valence-corrected chi connectivity index (χ2v) is 15.4. The molecule has 2 aliphatic heterocycles. The number of ether oxygens (including phenoxy) is 2. The molecule has 292 valence electrons. The Hall–Kier alpha value is -4.06. The third kappa shape index (κ3) is 10.1. The van der Waals surface area contributed by atoms with Gasteiger partial charge in [0.2, 0.25) is 12.1 Å². The molecular formula is C35H54N10O8. The molecule has 12 atom stereocenters. The van der Waals surface area contributed by atoms with E-state index in [-0.39, 0.29) is 79.4 Å². The molecule has 0 aromatic heterocycles. The van der Waals surface area contributed by atoms with Crippen LogP contribution in [-0.4, -0.2) is 115 Å². The molecule has 6 aliphatic rings. The Labute approximate surface area is 309 Å². The Morgan fingerprint density at radius 2 is 1.00 bits per heavy atom. The Kier molecular flexibility index (Phi) is 13.0. The lowest BCUT2D eigenvalue weighted by Gasteiger charge is -2.32. The third-order valence-corrected chi connectivity index (χ3v) is 11.5. The quantitative estimate of drug-likeness (QED) is 0.0870. The molecule has 4 aliphatic carbocycles. The number of fused-ring (bicyclic) bond motifs is 2. The molecule has 0 aromatic carbocycles. The van der Waals surface area contributed by atoms with Gasteiger partial charge in [-0.1, -0.05) is 25.7 Å². The van der Waals surface area contributed by atoms with Gasteiger partial charge in [-0.25, -0.2) is 9.59 Å². The Bertz CT molecular complexity index is 1340. The summed E-state index contributed by atoms with van der Waals surface area (Å²) in [6.45, 7) is 2.63. The molecule has 18 nitrogen and oxygen atoms in total. The maximum atomic E-state index is 13.1. The molecule has 0 bridgehead atoms. The van der Waals surface area contributed by atoms with Crippen LogP contribution in [0.2, 0.25) is 0 Å². The summed E-state index contributed by atoms with van der Waals surface area (Å²) in [6, 6.07) is -3.98. The first-order valence-corrected chi connectivity index (χ1v) is 19.3. The number of carbonyl (C=O) groups is 6. The minimum absolute atomic E-state index is 0.0227. The van der Waals surface area contributed by atoms with Gasteiger partial charge in [0, 0.05) is 12.1 Å². The van der Waals surface area contributed by atoms with Crippen LogP contribution < -0.4 is 31.9 Å². The first kappa shape index (κ1) is 38.7. The van der Waals surface area contributed by atoms with Crippen molar-refractivity contribution in [2.75, 3.05) is 6.79 Å². The number of nitrogens with one attached hydrogen (secondary N) is 6. The first-order chi connectivity index (χ1) is 25.5. The fraction of sp³-hybridized carbons (Fsp3) is 0.829. The molecule has 0 radical (unpaired) electrons. The molecule has 18 heteroatoms. The zero-order valence-electron chi connectivity index (χ0n) is 30.6. The Morgan fingerprint density at radius 3 is 1.42 bits per heavy atom. The molecule has 6 N–H and O–H groups in total. The van der Waals surface area contributed by atoms with Gasteiger partial charge in [-0.15, -0.1) is 0 Å². The molecule has 6 rings (SSSR count). The first-order valence-electron chi connectivity index (χ1n) is 19.3. The van der Waals surface area contributed by atoms with Crippen LogP contribution in [0.15, 0.2) is 20.5 Å². The van der Waals surface area contributed by atoms with Crippen molar-refractivity contribution < 1.29 is 38.2 Å². The summed E-state index contributed by atoms with van der Waals surface area (Å²) in [7, 11) is 0. The van der Waals surface area contributed by atoms with Gasteiger partial charge in [-0.05, 0) is 78.1 Å². The van der Waals surface area contributed by atoms with Gasteiger partial charge < -0.3 is 41.4 Å². The zero-order chi connectivity index (χ0) is 37.5. The monoisotopic (exact) mass is 742 g/mol. The molecule has 6 amide bonds. The van der Waals surface area contributed by atoms with E-state index in [4.69, 9.17) is 9.47 Å². The maximum absolute atomic E-state index is 13.1. The Balaban J connectivity index is 0.982. The minimum Gasteiger partial charge on any atom is -0.351 e. The van der Waals surface area contributed by atoms with Crippen LogP contribution >= 0.6 is 0 Å². The standard InChI is InChI=1S/C35H54N10O8/c1-18(46)30(32(48)36-20-11-13-22-26(15-20)40-34(50)38-22)44-42-24-7-3-5-9-28(24)52-17-53-29-10-6-4-8-25(29)43-45-31(19(2)47)33(49)37-21-12-14-23-27(16-21)41-35(51)39-23/h20-31H,3-17H2,1-2H3,(H,36,48)(H,37,49)(H2,38,40,50)(H2,39,41,51). The van der Waals surface area contributed by atoms with Crippen molar-refractivity contribution in [3.8, 4) is 0 Å². The van der Waals surface area contributed by atoms with Gasteiger partial charge in [0.05, 0.1) is 48.5 Å². The molecule has 2 saturated heterocycles. The molecule has 6 fully saturated rings. The van der Waals surface area contributed by atoms with Gasteiger partial charge in [-0.3, -0.25) is 19.2 Å². The largest absolute Gasteiger partial charge is 0.351 e. The van der Waals surface area contributed by atoms with Crippen molar-refractivity contribution >= 4 is 35.4 Å². The highest BCUT2D eigenvalue weighted by atomic mass is 16.7. The summed E-state index contributed by atoms with van der Waals surface area (Å²) in [5, 5.41) is 34.8. The van der Waals surface area contributed by atoms with Crippen LogP contribution in [-0.2, 0) is 28.7 Å². The average Bonchev–Trinajstić information content (AvgIpc) is 3.68. The summed E-state index contributed by atoms with van der Waals surface area (Å²) < 4.78 is 12.3. The van der Waals surface area contributed by atoms with Crippen LogP contribution in [0.25, 0.3) is 0 Å². The SMILES string of the molecule is CC(=O)C(N=NC1CCCCC1OCOC1CCCCC1N=NC(C(C)=O)C(=O)NC1CCC2NC(=O)NC2C1)C(=O)NC1CCC2NC(=O)NC2C1. The summed E-state index contributed by atoms with van der Waals surface area (Å²) in [6.07, 6.45) is 9.91. The lowest BCUT2D eigenvalue weighted by Crippen LogP contribution is -2.50. The van der Waals surface area contributed by atoms with E-state index in [1.165, 1.54) is 13.8 Å². The Morgan fingerprint density at radius 1 is 0.604 bits per heavy atom. The van der Waals surface area contributed by atoms with Crippen LogP contribution in [0.3, 0.4) is 0 Å². The van der Waals surface area contributed by atoms with Crippen molar-refractivity contribution in [1.82, 2.24) is 31.9 Å². The molecule has 4 saturated carbocycles. The van der Waals surface area contributed by atoms with E-state index >= 15 is 0 Å². The number of hydrogen-bond donors (Lipinski definition) is 6. The maximum Gasteiger partial charge on any atom is 0.315 e. The van der Waals surface area contributed by atoms with Crippen molar-refractivity contribution in [2.45, 2.75) is 176 Å². The average molecular weight is 743 g/mol. The van der Waals surface area contributed by atoms with Gasteiger partial charge in [-0.2, -0.15) is 20.5 Å². The van der Waals surface area contributed by atoms with E-state index in [0.717, 1.165) is 51.4 Å². The van der Waals surface area contributed by atoms with Crippen LogP contribution in [0, 0.1) is 0 Å². The van der Waals surface area contributed by atoms with E-state index in [2.05, 4.69) is 52.4 Å². The molecular weight excluding hydrogens is 688 g/mol. The number of amides is 6. The third-order valence-electron chi connectivity index (χ3n) is 11.5. The topological polar surface area (TPSA) is 242 Å². The van der Waals surface area contributed by atoms with Crippen LogP contribution in [0.4, 0.5) is 9.59 Å². The number of carbonyl (C=O) groups excluding carboxylic acids is 6. The molecule has 0 spiro atoms. The smallest absolute Gasteiger partial charge is 0.315 e. The number of Topliss-reactive ketones (excluding diaryl/α,β-unsaturated/α-hetero) is 2. The number of ketones is 2. The van der Waals surface area contributed by atoms with E-state index < -0.39 is 35.5 Å². The van der Waals surface area contributed by atoms with E-state index in [1.807, 2.05) is 0 Å². The van der Waals surface area contributed by atoms with E-state index in [9.17, 15) is 28.8 Å². The van der Waals surface area contributed by atoms with Crippen molar-refractivity contribution in [3.63, 3.8) is 0 Å². The highest BCUT2D eigenvalue weighted by Crippen LogP contribution is 2.28. The lowest BCUT2D eigenvalue weighted by molar-refractivity contribution is -0.140. The zero-order valence-corrected chi connectivity index (χ0v) is 30.6. The van der Waals surface area contributed by atoms with Crippen LogP contribution in [0.5, 0.6) is 0 Å².